The molecule has 2 aliphatic rings. The molecule has 0 aliphatic carbocycles. The third-order valence-electron chi connectivity index (χ3n) is 2.80. The number of carbonyl (C=O) groups is 1. The Morgan fingerprint density at radius 2 is 2.12 bits per heavy atom. The van der Waals surface area contributed by atoms with Crippen molar-refractivity contribution in [1.29, 1.82) is 0 Å². The first-order valence-corrected chi connectivity index (χ1v) is 6.16. The Kier molecular flexibility index (Phi) is 2.40. The molecule has 0 unspecified atom stereocenters. The average molecular weight is 246 g/mol. The van der Waals surface area contributed by atoms with Crippen molar-refractivity contribution in [2.24, 2.45) is 4.99 Å². The van der Waals surface area contributed by atoms with Gasteiger partial charge >= 0.3 is 5.97 Å². The Morgan fingerprint density at radius 1 is 1.35 bits per heavy atom. The number of fused-ring (bicyclic) bond motifs is 1. The smallest absolute Gasteiger partial charge is 0.335 e. The van der Waals surface area contributed by atoms with Crippen LogP contribution in [0, 0.1) is 0 Å². The van der Waals surface area contributed by atoms with Crippen LogP contribution in [0.5, 0.6) is 0 Å². The minimum atomic E-state index is -0.894. The van der Waals surface area contributed by atoms with Crippen molar-refractivity contribution in [3.8, 4) is 0 Å². The molecule has 0 atom stereocenters. The van der Waals surface area contributed by atoms with Crippen molar-refractivity contribution < 1.29 is 9.90 Å². The van der Waals surface area contributed by atoms with Gasteiger partial charge in [-0.05, 0) is 17.7 Å². The molecule has 3 rings (SSSR count). The second-order valence-electron chi connectivity index (χ2n) is 3.82. The van der Waals surface area contributed by atoms with Crippen molar-refractivity contribution in [2.45, 2.75) is 0 Å². The van der Waals surface area contributed by atoms with Gasteiger partial charge in [0, 0.05) is 12.0 Å². The minimum absolute atomic E-state index is 0.315. The number of rotatable bonds is 2. The van der Waals surface area contributed by atoms with E-state index in [-0.39, 0.29) is 0 Å². The van der Waals surface area contributed by atoms with Crippen LogP contribution in [0.3, 0.4) is 0 Å². The molecule has 0 saturated carbocycles. The van der Waals surface area contributed by atoms with Gasteiger partial charge < -0.3 is 10.0 Å². The first-order valence-electron chi connectivity index (χ1n) is 5.28. The molecular formula is C12H10N2O2S. The van der Waals surface area contributed by atoms with Crippen LogP contribution in [-0.4, -0.2) is 34.2 Å². The zero-order valence-electron chi connectivity index (χ0n) is 8.96. The van der Waals surface area contributed by atoms with Crippen LogP contribution in [-0.2, 0) is 0 Å². The number of hydrogen-bond donors (Lipinski definition) is 1. The summed E-state index contributed by atoms with van der Waals surface area (Å²) in [4.78, 5) is 17.3. The van der Waals surface area contributed by atoms with Crippen molar-refractivity contribution in [3.05, 3.63) is 40.8 Å². The van der Waals surface area contributed by atoms with E-state index in [1.807, 2.05) is 12.1 Å². The van der Waals surface area contributed by atoms with E-state index < -0.39 is 5.97 Å². The molecule has 0 fully saturated rings. The molecule has 1 aromatic carbocycles. The fourth-order valence-corrected chi connectivity index (χ4v) is 2.89. The monoisotopic (exact) mass is 246 g/mol. The summed E-state index contributed by atoms with van der Waals surface area (Å²) in [7, 11) is 0. The summed E-state index contributed by atoms with van der Waals surface area (Å²) in [6.45, 7) is 1.75. The zero-order valence-corrected chi connectivity index (χ0v) is 9.78. The molecule has 2 heterocycles. The number of benzene rings is 1. The Morgan fingerprint density at radius 3 is 2.82 bits per heavy atom. The summed E-state index contributed by atoms with van der Waals surface area (Å²) in [5.41, 5.74) is 2.47. The second-order valence-corrected chi connectivity index (χ2v) is 4.66. The van der Waals surface area contributed by atoms with E-state index in [1.54, 1.807) is 23.9 Å². The van der Waals surface area contributed by atoms with Crippen LogP contribution in [0.2, 0.25) is 0 Å². The van der Waals surface area contributed by atoms with Crippen LogP contribution in [0.25, 0.3) is 5.70 Å². The summed E-state index contributed by atoms with van der Waals surface area (Å²) in [6, 6.07) is 6.96. The molecular weight excluding hydrogens is 236 g/mol. The molecule has 2 aliphatic heterocycles. The Hall–Kier alpha value is -1.75. The van der Waals surface area contributed by atoms with Gasteiger partial charge in [0.1, 0.15) is 0 Å². The van der Waals surface area contributed by atoms with Crippen LogP contribution < -0.4 is 0 Å². The summed E-state index contributed by atoms with van der Waals surface area (Å²) in [5, 5.41) is 12.0. The van der Waals surface area contributed by atoms with E-state index in [2.05, 4.69) is 15.3 Å². The van der Waals surface area contributed by atoms with E-state index >= 15 is 0 Å². The van der Waals surface area contributed by atoms with E-state index in [0.29, 0.717) is 5.56 Å². The van der Waals surface area contributed by atoms with Gasteiger partial charge in [-0.2, -0.15) is 0 Å². The minimum Gasteiger partial charge on any atom is -0.478 e. The summed E-state index contributed by atoms with van der Waals surface area (Å²) in [6.07, 6.45) is 0. The number of aromatic carboxylic acids is 1. The topological polar surface area (TPSA) is 52.9 Å². The molecule has 0 spiro atoms. The molecule has 86 valence electrons. The van der Waals surface area contributed by atoms with E-state index in [0.717, 1.165) is 29.5 Å². The largest absolute Gasteiger partial charge is 0.478 e. The van der Waals surface area contributed by atoms with E-state index in [9.17, 15) is 4.79 Å². The fourth-order valence-electron chi connectivity index (χ4n) is 1.93. The van der Waals surface area contributed by atoms with Crippen LogP contribution in [0.15, 0.2) is 34.7 Å². The second kappa shape index (κ2) is 3.92. The standard InChI is InChI=1S/C12H10N2O2S/c15-11(16)9-3-1-8(2-4-9)10-7-17-12-13-5-6-14(10)12/h1-4,7H,5-6H2,(H,15,16). The van der Waals surface area contributed by atoms with Gasteiger partial charge in [-0.3, -0.25) is 4.99 Å². The normalized spacial score (nSPS) is 17.8. The number of amidine groups is 1. The predicted molar refractivity (Wildman–Crippen MR) is 68.0 cm³/mol. The third-order valence-corrected chi connectivity index (χ3v) is 3.70. The maximum Gasteiger partial charge on any atom is 0.335 e. The van der Waals surface area contributed by atoms with Gasteiger partial charge in [0.25, 0.3) is 0 Å². The van der Waals surface area contributed by atoms with Crippen LogP contribution >= 0.6 is 11.8 Å². The highest BCUT2D eigenvalue weighted by atomic mass is 32.2. The van der Waals surface area contributed by atoms with E-state index in [1.165, 1.54) is 0 Å². The first kappa shape index (κ1) is 10.4. The SMILES string of the molecule is O=C(O)c1ccc(C2=CSC3=NCCN23)cc1. The molecule has 0 bridgehead atoms. The Labute approximate surface area is 103 Å². The fraction of sp³-hybridized carbons (Fsp3) is 0.167. The highest BCUT2D eigenvalue weighted by molar-refractivity contribution is 8.16. The summed E-state index contributed by atoms with van der Waals surface area (Å²) >= 11 is 1.62. The molecule has 1 aromatic rings. The number of nitrogens with zero attached hydrogens (tertiary/aromatic N) is 2. The molecule has 5 heteroatoms. The lowest BCUT2D eigenvalue weighted by Crippen LogP contribution is -2.19. The van der Waals surface area contributed by atoms with Crippen molar-refractivity contribution >= 4 is 28.6 Å². The maximum absolute atomic E-state index is 10.8. The Balaban J connectivity index is 1.90. The van der Waals surface area contributed by atoms with E-state index in [4.69, 9.17) is 5.11 Å². The maximum atomic E-state index is 10.8. The molecule has 0 radical (unpaired) electrons. The highest BCUT2D eigenvalue weighted by Crippen LogP contribution is 2.35. The predicted octanol–water partition coefficient (Wildman–Crippen LogP) is 2.10. The van der Waals surface area contributed by atoms with Gasteiger partial charge in [0.15, 0.2) is 5.17 Å². The molecule has 0 aromatic heterocycles. The van der Waals surface area contributed by atoms with Gasteiger partial charge in [-0.15, -0.1) is 0 Å². The highest BCUT2D eigenvalue weighted by Gasteiger charge is 2.26. The molecule has 17 heavy (non-hydrogen) atoms. The van der Waals surface area contributed by atoms with Gasteiger partial charge in [-0.1, -0.05) is 23.9 Å². The zero-order chi connectivity index (χ0) is 11.8. The number of aliphatic imine (C=N–C) groups is 1. The number of carboxylic acid groups (broad SMARTS) is 1. The number of carboxylic acids is 1. The third kappa shape index (κ3) is 1.72. The first-order chi connectivity index (χ1) is 8.25. The molecule has 0 saturated heterocycles. The Bertz CT molecular complexity index is 534. The number of thioether (sulfide) groups is 1. The molecule has 1 N–H and O–H groups in total. The molecule has 4 nitrogen and oxygen atoms in total. The average Bonchev–Trinajstić information content (AvgIpc) is 2.90. The quantitative estimate of drug-likeness (QED) is 0.868. The summed E-state index contributed by atoms with van der Waals surface area (Å²) in [5.74, 6) is -0.894. The van der Waals surface area contributed by atoms with Gasteiger partial charge in [0.2, 0.25) is 0 Å². The van der Waals surface area contributed by atoms with Crippen molar-refractivity contribution in [2.75, 3.05) is 13.1 Å². The van der Waals surface area contributed by atoms with Gasteiger partial charge in [-0.25, -0.2) is 4.79 Å². The molecule has 0 amide bonds. The van der Waals surface area contributed by atoms with Crippen molar-refractivity contribution in [3.63, 3.8) is 0 Å². The number of hydrogen-bond acceptors (Lipinski definition) is 4. The lowest BCUT2D eigenvalue weighted by Gasteiger charge is -2.16. The summed E-state index contributed by atoms with van der Waals surface area (Å²) < 4.78 is 0. The lowest BCUT2D eigenvalue weighted by atomic mass is 10.1. The van der Waals surface area contributed by atoms with Gasteiger partial charge in [0.05, 0.1) is 17.8 Å². The van der Waals surface area contributed by atoms with Crippen LogP contribution in [0.1, 0.15) is 15.9 Å². The van der Waals surface area contributed by atoms with Crippen LogP contribution in [0.4, 0.5) is 0 Å². The lowest BCUT2D eigenvalue weighted by molar-refractivity contribution is 0.0697. The van der Waals surface area contributed by atoms with Crippen molar-refractivity contribution in [1.82, 2.24) is 4.90 Å².